The van der Waals surface area contributed by atoms with Crippen molar-refractivity contribution in [2.24, 2.45) is 5.92 Å². The second-order valence-electron chi connectivity index (χ2n) is 7.39. The average Bonchev–Trinajstić information content (AvgIpc) is 2.99. The molecule has 1 fully saturated rings. The van der Waals surface area contributed by atoms with Gasteiger partial charge < -0.3 is 10.1 Å². The van der Waals surface area contributed by atoms with E-state index >= 15 is 0 Å². The standard InChI is InChI=1S/C22H20F3NO2/c23-15-5-3-12(4-6-15)21-20(14-8-13(9-14)19(28)2-1-7-27)17-10-16(24)11-18(25)22(17)26-21/h3-6,10-11,13-14,26-27H,1-2,7-9H2. The fourth-order valence-corrected chi connectivity index (χ4v) is 4.08. The molecule has 1 aliphatic carbocycles. The molecule has 4 rings (SSSR count). The van der Waals surface area contributed by atoms with Gasteiger partial charge in [-0.2, -0.15) is 0 Å². The van der Waals surface area contributed by atoms with Crippen molar-refractivity contribution < 1.29 is 23.1 Å². The van der Waals surface area contributed by atoms with Crippen LogP contribution in [0.15, 0.2) is 36.4 Å². The number of aliphatic hydroxyl groups is 1. The minimum atomic E-state index is -0.681. The molecule has 6 heteroatoms. The number of nitrogens with one attached hydrogen (secondary N) is 1. The molecule has 0 amide bonds. The zero-order chi connectivity index (χ0) is 19.8. The molecule has 1 aromatic heterocycles. The molecular weight excluding hydrogens is 367 g/mol. The molecule has 0 atom stereocenters. The summed E-state index contributed by atoms with van der Waals surface area (Å²) in [5, 5.41) is 9.35. The zero-order valence-corrected chi connectivity index (χ0v) is 15.1. The molecule has 146 valence electrons. The SMILES string of the molecule is O=C(CCCO)C1CC(c2c(-c3ccc(F)cc3)[nH]c3c(F)cc(F)cc23)C1. The van der Waals surface area contributed by atoms with Gasteiger partial charge in [-0.05, 0) is 66.6 Å². The van der Waals surface area contributed by atoms with Gasteiger partial charge in [0, 0.05) is 30.4 Å². The third-order valence-corrected chi connectivity index (χ3v) is 5.58. The number of rotatable bonds is 6. The summed E-state index contributed by atoms with van der Waals surface area (Å²) < 4.78 is 41.6. The monoisotopic (exact) mass is 387 g/mol. The quantitative estimate of drug-likeness (QED) is 0.619. The summed E-state index contributed by atoms with van der Waals surface area (Å²) in [7, 11) is 0. The lowest BCUT2D eigenvalue weighted by atomic mass is 9.68. The first-order valence-corrected chi connectivity index (χ1v) is 9.38. The smallest absolute Gasteiger partial charge is 0.150 e. The average molecular weight is 387 g/mol. The van der Waals surface area contributed by atoms with E-state index in [1.54, 1.807) is 12.1 Å². The summed E-state index contributed by atoms with van der Waals surface area (Å²) in [6, 6.07) is 7.98. The van der Waals surface area contributed by atoms with Crippen LogP contribution in [0.25, 0.3) is 22.2 Å². The van der Waals surface area contributed by atoms with Crippen LogP contribution >= 0.6 is 0 Å². The number of ketones is 1. The molecule has 1 saturated carbocycles. The lowest BCUT2D eigenvalue weighted by Crippen LogP contribution is -2.29. The number of hydrogen-bond acceptors (Lipinski definition) is 2. The molecule has 28 heavy (non-hydrogen) atoms. The largest absolute Gasteiger partial charge is 0.396 e. The van der Waals surface area contributed by atoms with Crippen molar-refractivity contribution in [3.8, 4) is 11.3 Å². The summed E-state index contributed by atoms with van der Waals surface area (Å²) in [4.78, 5) is 15.2. The molecule has 1 heterocycles. The number of carbonyl (C=O) groups is 1. The molecule has 0 bridgehead atoms. The fraction of sp³-hybridized carbons (Fsp3) is 0.318. The fourth-order valence-electron chi connectivity index (χ4n) is 4.08. The number of hydrogen-bond donors (Lipinski definition) is 2. The van der Waals surface area contributed by atoms with Gasteiger partial charge in [0.2, 0.25) is 0 Å². The van der Waals surface area contributed by atoms with Gasteiger partial charge in [0.25, 0.3) is 0 Å². The van der Waals surface area contributed by atoms with Crippen LogP contribution in [0, 0.1) is 23.4 Å². The second-order valence-corrected chi connectivity index (χ2v) is 7.39. The van der Waals surface area contributed by atoms with Crippen LogP contribution in [0.1, 0.15) is 37.2 Å². The molecule has 0 radical (unpaired) electrons. The minimum absolute atomic E-state index is 0.0157. The normalized spacial score (nSPS) is 19.0. The number of Topliss-reactive ketones (excluding diaryl/α,β-unsaturated/α-hetero) is 1. The molecule has 0 saturated heterocycles. The first-order chi connectivity index (χ1) is 13.5. The maximum Gasteiger partial charge on any atom is 0.150 e. The molecule has 0 unspecified atom stereocenters. The number of carbonyl (C=O) groups excluding carboxylic acids is 1. The predicted molar refractivity (Wildman–Crippen MR) is 100 cm³/mol. The summed E-state index contributed by atoms with van der Waals surface area (Å²) >= 11 is 0. The van der Waals surface area contributed by atoms with Gasteiger partial charge in [-0.15, -0.1) is 0 Å². The van der Waals surface area contributed by atoms with Crippen LogP contribution in [-0.4, -0.2) is 22.5 Å². The summed E-state index contributed by atoms with van der Waals surface area (Å²) in [5.41, 5.74) is 2.30. The topological polar surface area (TPSA) is 53.1 Å². The van der Waals surface area contributed by atoms with E-state index < -0.39 is 11.6 Å². The van der Waals surface area contributed by atoms with E-state index in [0.717, 1.165) is 11.6 Å². The third kappa shape index (κ3) is 3.33. The van der Waals surface area contributed by atoms with Gasteiger partial charge >= 0.3 is 0 Å². The van der Waals surface area contributed by atoms with E-state index in [1.807, 2.05) is 0 Å². The van der Waals surface area contributed by atoms with E-state index in [9.17, 15) is 18.0 Å². The van der Waals surface area contributed by atoms with Gasteiger partial charge in [0.05, 0.1) is 11.2 Å². The van der Waals surface area contributed by atoms with Gasteiger partial charge in [-0.25, -0.2) is 13.2 Å². The van der Waals surface area contributed by atoms with Gasteiger partial charge in [-0.3, -0.25) is 4.79 Å². The minimum Gasteiger partial charge on any atom is -0.396 e. The number of aliphatic hydroxyl groups excluding tert-OH is 1. The van der Waals surface area contributed by atoms with Gasteiger partial charge in [0.15, 0.2) is 0 Å². The first kappa shape index (κ1) is 18.7. The van der Waals surface area contributed by atoms with Crippen molar-refractivity contribution >= 4 is 16.7 Å². The van der Waals surface area contributed by atoms with Crippen molar-refractivity contribution in [3.63, 3.8) is 0 Å². The highest BCUT2D eigenvalue weighted by molar-refractivity contribution is 5.92. The van der Waals surface area contributed by atoms with Crippen molar-refractivity contribution in [1.29, 1.82) is 0 Å². The Morgan fingerprint density at radius 1 is 1.07 bits per heavy atom. The van der Waals surface area contributed by atoms with Crippen LogP contribution in [0.5, 0.6) is 0 Å². The summed E-state index contributed by atoms with van der Waals surface area (Å²) in [6.45, 7) is -0.0163. The highest BCUT2D eigenvalue weighted by Crippen LogP contribution is 2.48. The van der Waals surface area contributed by atoms with Gasteiger partial charge in [0.1, 0.15) is 23.2 Å². The molecule has 2 aromatic carbocycles. The number of fused-ring (bicyclic) bond motifs is 1. The van der Waals surface area contributed by atoms with E-state index in [-0.39, 0.29) is 35.6 Å². The Bertz CT molecular complexity index is 1020. The number of H-pyrrole nitrogens is 1. The Hall–Kier alpha value is -2.60. The third-order valence-electron chi connectivity index (χ3n) is 5.58. The van der Waals surface area contributed by atoms with Crippen LogP contribution in [-0.2, 0) is 4.79 Å². The maximum atomic E-state index is 14.3. The summed E-state index contributed by atoms with van der Waals surface area (Å²) in [6.07, 6.45) is 1.99. The van der Waals surface area contributed by atoms with Crippen LogP contribution < -0.4 is 0 Å². The molecule has 0 aliphatic heterocycles. The number of halogens is 3. The number of benzene rings is 2. The molecule has 2 N–H and O–H groups in total. The lowest BCUT2D eigenvalue weighted by molar-refractivity contribution is -0.126. The Morgan fingerprint density at radius 2 is 1.79 bits per heavy atom. The van der Waals surface area contributed by atoms with E-state index in [4.69, 9.17) is 5.11 Å². The van der Waals surface area contributed by atoms with Crippen LogP contribution in [0.4, 0.5) is 13.2 Å². The molecule has 0 spiro atoms. The second kappa shape index (κ2) is 7.43. The summed E-state index contributed by atoms with van der Waals surface area (Å²) in [5.74, 6) is -1.72. The van der Waals surface area contributed by atoms with E-state index in [0.29, 0.717) is 42.3 Å². The lowest BCUT2D eigenvalue weighted by Gasteiger charge is -2.35. The van der Waals surface area contributed by atoms with Crippen LogP contribution in [0.2, 0.25) is 0 Å². The zero-order valence-electron chi connectivity index (χ0n) is 15.1. The van der Waals surface area contributed by atoms with Crippen molar-refractivity contribution in [1.82, 2.24) is 4.98 Å². The van der Waals surface area contributed by atoms with Crippen molar-refractivity contribution in [3.05, 3.63) is 59.4 Å². The van der Waals surface area contributed by atoms with Gasteiger partial charge in [-0.1, -0.05) is 0 Å². The van der Waals surface area contributed by atoms with Crippen molar-refractivity contribution in [2.45, 2.75) is 31.6 Å². The van der Waals surface area contributed by atoms with E-state index in [2.05, 4.69) is 4.98 Å². The molecule has 3 aromatic rings. The number of aromatic amines is 1. The molecular formula is C22H20F3NO2. The van der Waals surface area contributed by atoms with Crippen LogP contribution in [0.3, 0.4) is 0 Å². The highest BCUT2D eigenvalue weighted by Gasteiger charge is 2.37. The van der Waals surface area contributed by atoms with E-state index in [1.165, 1.54) is 18.2 Å². The van der Waals surface area contributed by atoms with Crippen molar-refractivity contribution in [2.75, 3.05) is 6.61 Å². The predicted octanol–water partition coefficient (Wildman–Crippen LogP) is 5.09. The number of aromatic nitrogens is 1. The molecule has 3 nitrogen and oxygen atoms in total. The Balaban J connectivity index is 1.73. The first-order valence-electron chi connectivity index (χ1n) is 9.38. The Morgan fingerprint density at radius 3 is 2.46 bits per heavy atom. The Labute approximate surface area is 160 Å². The molecule has 1 aliphatic rings. The maximum absolute atomic E-state index is 14.3. The highest BCUT2D eigenvalue weighted by atomic mass is 19.1. The Kier molecular flexibility index (Phi) is 4.98.